The van der Waals surface area contributed by atoms with E-state index in [4.69, 9.17) is 15.7 Å². The maximum absolute atomic E-state index is 11.0. The van der Waals surface area contributed by atoms with Crippen molar-refractivity contribution < 1.29 is 14.3 Å². The van der Waals surface area contributed by atoms with E-state index in [0.29, 0.717) is 6.29 Å². The largest absolute Gasteiger partial charge is 0.496 e. The Hall–Kier alpha value is -2.35. The van der Waals surface area contributed by atoms with Gasteiger partial charge in [-0.15, -0.1) is 0 Å². The molecule has 1 rings (SSSR count). The van der Waals surface area contributed by atoms with Gasteiger partial charge in [-0.25, -0.2) is 0 Å². The van der Waals surface area contributed by atoms with E-state index in [9.17, 15) is 9.59 Å². The maximum Gasteiger partial charge on any atom is 0.250 e. The van der Waals surface area contributed by atoms with Gasteiger partial charge >= 0.3 is 0 Å². The summed E-state index contributed by atoms with van der Waals surface area (Å²) in [6, 6.07) is 4.53. The lowest BCUT2D eigenvalue weighted by Gasteiger charge is -2.07. The highest BCUT2D eigenvalue weighted by Gasteiger charge is 2.16. The molecule has 2 N–H and O–H groups in total. The van der Waals surface area contributed by atoms with E-state index < -0.39 is 5.91 Å². The zero-order valence-electron chi connectivity index (χ0n) is 7.98. The minimum absolute atomic E-state index is 0.0143. The molecule has 0 aliphatic carbocycles. The molecule has 0 unspecified atom stereocenters. The van der Waals surface area contributed by atoms with Crippen molar-refractivity contribution >= 4 is 12.2 Å². The average molecular weight is 204 g/mol. The Morgan fingerprint density at radius 1 is 1.60 bits per heavy atom. The Bertz CT molecular complexity index is 460. The molecule has 5 nitrogen and oxygen atoms in total. The molecule has 0 aliphatic heterocycles. The first-order chi connectivity index (χ1) is 7.15. The minimum atomic E-state index is -0.752. The van der Waals surface area contributed by atoms with Crippen molar-refractivity contribution in [2.45, 2.75) is 0 Å². The van der Waals surface area contributed by atoms with Gasteiger partial charge in [0.05, 0.1) is 23.8 Å². The maximum atomic E-state index is 11.0. The van der Waals surface area contributed by atoms with Gasteiger partial charge in [0, 0.05) is 0 Å². The Morgan fingerprint density at radius 3 is 2.67 bits per heavy atom. The van der Waals surface area contributed by atoms with Crippen LogP contribution in [0.2, 0.25) is 0 Å². The van der Waals surface area contributed by atoms with Crippen LogP contribution in [0.25, 0.3) is 0 Å². The Balaban J connectivity index is 3.57. The third kappa shape index (κ3) is 1.79. The predicted octanol–water partition coefficient (Wildman–Crippen LogP) is 0.478. The van der Waals surface area contributed by atoms with Crippen LogP contribution < -0.4 is 10.5 Å². The summed E-state index contributed by atoms with van der Waals surface area (Å²) < 4.78 is 4.88. The summed E-state index contributed by atoms with van der Waals surface area (Å²) in [6.45, 7) is 0. The van der Waals surface area contributed by atoms with Gasteiger partial charge in [0.25, 0.3) is 0 Å². The molecule has 15 heavy (non-hydrogen) atoms. The SMILES string of the molecule is COc1ccc(C(N)=O)c(C#N)c1C=O. The summed E-state index contributed by atoms with van der Waals surface area (Å²) >= 11 is 0. The molecule has 0 atom stereocenters. The molecular formula is C10H8N2O3. The molecule has 0 heterocycles. The number of nitriles is 1. The second kappa shape index (κ2) is 4.24. The van der Waals surface area contributed by atoms with Gasteiger partial charge in [-0.3, -0.25) is 9.59 Å². The molecule has 0 saturated carbocycles. The quantitative estimate of drug-likeness (QED) is 0.724. The molecule has 1 amide bonds. The first-order valence-corrected chi connectivity index (χ1v) is 4.01. The fourth-order valence-corrected chi connectivity index (χ4v) is 1.22. The van der Waals surface area contributed by atoms with Crippen molar-refractivity contribution in [2.24, 2.45) is 5.73 Å². The number of carbonyl (C=O) groups is 2. The highest BCUT2D eigenvalue weighted by Crippen LogP contribution is 2.23. The Kier molecular flexibility index (Phi) is 3.03. The number of benzene rings is 1. The second-order valence-corrected chi connectivity index (χ2v) is 2.70. The van der Waals surface area contributed by atoms with E-state index in [1.807, 2.05) is 0 Å². The predicted molar refractivity (Wildman–Crippen MR) is 51.6 cm³/mol. The van der Waals surface area contributed by atoms with Crippen molar-refractivity contribution in [3.8, 4) is 11.8 Å². The lowest BCUT2D eigenvalue weighted by atomic mass is 10.0. The van der Waals surface area contributed by atoms with Gasteiger partial charge in [0.15, 0.2) is 6.29 Å². The summed E-state index contributed by atoms with van der Waals surface area (Å²) in [6.07, 6.45) is 0.462. The molecule has 0 radical (unpaired) electrons. The zero-order chi connectivity index (χ0) is 11.4. The molecule has 76 valence electrons. The van der Waals surface area contributed by atoms with E-state index in [0.717, 1.165) is 0 Å². The molecule has 0 aromatic heterocycles. The van der Waals surface area contributed by atoms with Crippen LogP contribution in [0.4, 0.5) is 0 Å². The van der Waals surface area contributed by atoms with Crippen LogP contribution in [0, 0.1) is 11.3 Å². The number of ether oxygens (including phenoxy) is 1. The fraction of sp³-hybridized carbons (Fsp3) is 0.100. The van der Waals surface area contributed by atoms with Crippen LogP contribution in [0.3, 0.4) is 0 Å². The lowest BCUT2D eigenvalue weighted by Crippen LogP contribution is -2.14. The summed E-state index contributed by atoms with van der Waals surface area (Å²) in [4.78, 5) is 21.7. The normalized spacial score (nSPS) is 9.07. The first kappa shape index (κ1) is 10.7. The van der Waals surface area contributed by atoms with E-state index in [2.05, 4.69) is 0 Å². The number of rotatable bonds is 3. The average Bonchev–Trinajstić information content (AvgIpc) is 2.26. The fourth-order valence-electron chi connectivity index (χ4n) is 1.22. The second-order valence-electron chi connectivity index (χ2n) is 2.70. The summed E-state index contributed by atoms with van der Waals surface area (Å²) in [5, 5.41) is 8.83. The number of amides is 1. The molecule has 0 fully saturated rings. The standard InChI is InChI=1S/C10H8N2O3/c1-15-9-3-2-6(10(12)14)7(4-11)8(9)5-13/h2-3,5H,1H3,(H2,12,14). The van der Waals surface area contributed by atoms with Gasteiger partial charge in [-0.2, -0.15) is 5.26 Å². The van der Waals surface area contributed by atoms with Gasteiger partial charge < -0.3 is 10.5 Å². The third-order valence-electron chi connectivity index (χ3n) is 1.92. The molecule has 1 aromatic rings. The van der Waals surface area contributed by atoms with Crippen LogP contribution in [-0.4, -0.2) is 19.3 Å². The summed E-state index contributed by atoms with van der Waals surface area (Å²) in [7, 11) is 1.37. The van der Waals surface area contributed by atoms with Gasteiger partial charge in [-0.1, -0.05) is 0 Å². The number of hydrogen-bond donors (Lipinski definition) is 1. The lowest BCUT2D eigenvalue weighted by molar-refractivity contribution is 0.1000. The van der Waals surface area contributed by atoms with Crippen molar-refractivity contribution in [3.63, 3.8) is 0 Å². The molecule has 0 bridgehead atoms. The topological polar surface area (TPSA) is 93.2 Å². The third-order valence-corrected chi connectivity index (χ3v) is 1.92. The molecular weight excluding hydrogens is 196 g/mol. The molecule has 0 aliphatic rings. The van der Waals surface area contributed by atoms with E-state index in [1.165, 1.54) is 19.2 Å². The van der Waals surface area contributed by atoms with E-state index in [1.54, 1.807) is 6.07 Å². The first-order valence-electron chi connectivity index (χ1n) is 4.01. The van der Waals surface area contributed by atoms with Gasteiger partial charge in [0.2, 0.25) is 5.91 Å². The Morgan fingerprint density at radius 2 is 2.27 bits per heavy atom. The van der Waals surface area contributed by atoms with Crippen molar-refractivity contribution in [2.75, 3.05) is 7.11 Å². The number of carbonyl (C=O) groups excluding carboxylic acids is 2. The number of nitrogens with zero attached hydrogens (tertiary/aromatic N) is 1. The van der Waals surface area contributed by atoms with E-state index in [-0.39, 0.29) is 22.4 Å². The van der Waals surface area contributed by atoms with Crippen molar-refractivity contribution in [3.05, 3.63) is 28.8 Å². The van der Waals surface area contributed by atoms with Gasteiger partial charge in [-0.05, 0) is 12.1 Å². The monoisotopic (exact) mass is 204 g/mol. The molecule has 0 spiro atoms. The van der Waals surface area contributed by atoms with Crippen LogP contribution in [0.5, 0.6) is 5.75 Å². The number of hydrogen-bond acceptors (Lipinski definition) is 4. The highest BCUT2D eigenvalue weighted by molar-refractivity contribution is 5.99. The number of nitrogens with two attached hydrogens (primary N) is 1. The van der Waals surface area contributed by atoms with Crippen molar-refractivity contribution in [1.29, 1.82) is 5.26 Å². The van der Waals surface area contributed by atoms with Crippen molar-refractivity contribution in [1.82, 2.24) is 0 Å². The molecule has 1 aromatic carbocycles. The van der Waals surface area contributed by atoms with Crippen LogP contribution >= 0.6 is 0 Å². The highest BCUT2D eigenvalue weighted by atomic mass is 16.5. The minimum Gasteiger partial charge on any atom is -0.496 e. The number of methoxy groups -OCH3 is 1. The van der Waals surface area contributed by atoms with Gasteiger partial charge in [0.1, 0.15) is 11.8 Å². The smallest absolute Gasteiger partial charge is 0.250 e. The van der Waals surface area contributed by atoms with Crippen LogP contribution in [0.15, 0.2) is 12.1 Å². The summed E-state index contributed by atoms with van der Waals surface area (Å²) in [5.74, 6) is -0.510. The summed E-state index contributed by atoms with van der Waals surface area (Å²) in [5.41, 5.74) is 5.05. The number of aldehydes is 1. The van der Waals surface area contributed by atoms with E-state index >= 15 is 0 Å². The number of primary amides is 1. The zero-order valence-corrected chi connectivity index (χ0v) is 7.98. The molecule has 5 heteroatoms. The molecule has 0 saturated heterocycles. The van der Waals surface area contributed by atoms with Crippen LogP contribution in [-0.2, 0) is 0 Å². The van der Waals surface area contributed by atoms with Crippen LogP contribution in [0.1, 0.15) is 26.3 Å². The Labute approximate surface area is 86.1 Å².